The van der Waals surface area contributed by atoms with Gasteiger partial charge < -0.3 is 10.2 Å². The van der Waals surface area contributed by atoms with E-state index in [9.17, 15) is 34.2 Å². The lowest BCUT2D eigenvalue weighted by molar-refractivity contribution is -0.138. The fourth-order valence-corrected chi connectivity index (χ4v) is 2.66. The van der Waals surface area contributed by atoms with Crippen molar-refractivity contribution in [1.29, 1.82) is 0 Å². The molecule has 0 radical (unpaired) electrons. The van der Waals surface area contributed by atoms with Gasteiger partial charge >= 0.3 is 5.97 Å². The highest BCUT2D eigenvalue weighted by atomic mass is 16.4. The van der Waals surface area contributed by atoms with E-state index >= 15 is 0 Å². The number of aromatic carboxylic acids is 1. The smallest absolute Gasteiger partial charge is 0.339 e. The molecule has 2 heterocycles. The summed E-state index contributed by atoms with van der Waals surface area (Å²) in [6.45, 7) is -0.552. The monoisotopic (exact) mass is 356 g/mol. The lowest BCUT2D eigenvalue weighted by Crippen LogP contribution is -2.30. The number of carbonyl (C=O) groups is 5. The predicted molar refractivity (Wildman–Crippen MR) is 84.5 cm³/mol. The fraction of sp³-hybridized carbons (Fsp3) is 0.118. The summed E-state index contributed by atoms with van der Waals surface area (Å²) in [5.74, 6) is -4.30. The van der Waals surface area contributed by atoms with E-state index in [-0.39, 0.29) is 24.2 Å². The summed E-state index contributed by atoms with van der Waals surface area (Å²) in [4.78, 5) is 59.8. The first kappa shape index (κ1) is 17.1. The second-order valence-corrected chi connectivity index (χ2v) is 5.65. The lowest BCUT2D eigenvalue weighted by Gasteiger charge is -2.19. The minimum Gasteiger partial charge on any atom is -0.507 e. The molecule has 2 aliphatic rings. The number of aromatic hydroxyl groups is 1. The molecule has 4 amide bonds. The quantitative estimate of drug-likeness (QED) is 0.706. The van der Waals surface area contributed by atoms with Crippen LogP contribution in [0.3, 0.4) is 0 Å². The van der Waals surface area contributed by atoms with Crippen LogP contribution in [-0.2, 0) is 32.3 Å². The molecule has 2 N–H and O–H groups in total. The zero-order chi connectivity index (χ0) is 19.0. The molecule has 9 nitrogen and oxygen atoms in total. The van der Waals surface area contributed by atoms with Crippen LogP contribution >= 0.6 is 0 Å². The molecule has 0 aliphatic carbocycles. The second kappa shape index (κ2) is 6.28. The SMILES string of the molecule is O=C(O)c1cc(CN2C(=O)C=CC2=O)cc(CN2C(=O)C=CC2=O)c1O. The van der Waals surface area contributed by atoms with Crippen molar-refractivity contribution >= 4 is 29.6 Å². The van der Waals surface area contributed by atoms with E-state index in [0.29, 0.717) is 0 Å². The number of benzene rings is 1. The van der Waals surface area contributed by atoms with E-state index < -0.39 is 40.9 Å². The van der Waals surface area contributed by atoms with Crippen LogP contribution in [0.25, 0.3) is 0 Å². The molecule has 0 aromatic heterocycles. The minimum atomic E-state index is -1.43. The Morgan fingerprint density at radius 1 is 0.808 bits per heavy atom. The van der Waals surface area contributed by atoms with E-state index in [4.69, 9.17) is 0 Å². The zero-order valence-electron chi connectivity index (χ0n) is 13.2. The third-order valence-electron chi connectivity index (χ3n) is 3.95. The first-order valence-corrected chi connectivity index (χ1v) is 7.43. The maximum absolute atomic E-state index is 11.7. The van der Waals surface area contributed by atoms with Crippen molar-refractivity contribution in [3.63, 3.8) is 0 Å². The van der Waals surface area contributed by atoms with Gasteiger partial charge in [-0.2, -0.15) is 0 Å². The van der Waals surface area contributed by atoms with Crippen LogP contribution in [-0.4, -0.2) is 49.6 Å². The molecule has 26 heavy (non-hydrogen) atoms. The van der Waals surface area contributed by atoms with Gasteiger partial charge in [-0.3, -0.25) is 29.0 Å². The molecule has 1 aromatic carbocycles. The largest absolute Gasteiger partial charge is 0.507 e. The van der Waals surface area contributed by atoms with Crippen molar-refractivity contribution in [3.05, 3.63) is 53.1 Å². The molecule has 0 saturated carbocycles. The Labute approximate surface area is 146 Å². The molecule has 0 unspecified atom stereocenters. The Bertz CT molecular complexity index is 893. The molecular weight excluding hydrogens is 344 g/mol. The average molecular weight is 356 g/mol. The average Bonchev–Trinajstić information content (AvgIpc) is 3.07. The second-order valence-electron chi connectivity index (χ2n) is 5.65. The van der Waals surface area contributed by atoms with Crippen molar-refractivity contribution in [3.8, 4) is 5.75 Å². The first-order valence-electron chi connectivity index (χ1n) is 7.43. The van der Waals surface area contributed by atoms with Gasteiger partial charge in [0.1, 0.15) is 11.3 Å². The van der Waals surface area contributed by atoms with Gasteiger partial charge in [-0.05, 0) is 17.7 Å². The van der Waals surface area contributed by atoms with Gasteiger partial charge in [0.25, 0.3) is 23.6 Å². The van der Waals surface area contributed by atoms with E-state index in [2.05, 4.69) is 0 Å². The Hall–Kier alpha value is -3.75. The molecule has 0 atom stereocenters. The molecule has 1 aromatic rings. The maximum atomic E-state index is 11.7. The van der Waals surface area contributed by atoms with Gasteiger partial charge in [0.15, 0.2) is 0 Å². The summed E-state index contributed by atoms with van der Waals surface area (Å²) in [5.41, 5.74) is -0.193. The van der Waals surface area contributed by atoms with Crippen molar-refractivity contribution in [2.24, 2.45) is 0 Å². The zero-order valence-corrected chi connectivity index (χ0v) is 13.2. The van der Waals surface area contributed by atoms with E-state index in [1.807, 2.05) is 0 Å². The molecule has 3 rings (SSSR count). The van der Waals surface area contributed by atoms with Gasteiger partial charge in [0, 0.05) is 29.9 Å². The van der Waals surface area contributed by atoms with Crippen LogP contribution in [0.5, 0.6) is 5.75 Å². The predicted octanol–water partition coefficient (Wildman–Crippen LogP) is -0.0596. The van der Waals surface area contributed by atoms with Gasteiger partial charge in [-0.25, -0.2) is 4.79 Å². The van der Waals surface area contributed by atoms with E-state index in [1.54, 1.807) is 0 Å². The van der Waals surface area contributed by atoms with Crippen LogP contribution in [0, 0.1) is 0 Å². The van der Waals surface area contributed by atoms with E-state index in [1.165, 1.54) is 6.07 Å². The number of rotatable bonds is 5. The van der Waals surface area contributed by atoms with Crippen molar-refractivity contribution in [2.45, 2.75) is 13.1 Å². The topological polar surface area (TPSA) is 132 Å². The summed E-state index contributed by atoms with van der Waals surface area (Å²) >= 11 is 0. The molecule has 0 fully saturated rings. The van der Waals surface area contributed by atoms with Crippen LogP contribution in [0.4, 0.5) is 0 Å². The highest BCUT2D eigenvalue weighted by molar-refractivity contribution is 6.13. The van der Waals surface area contributed by atoms with Crippen molar-refractivity contribution < 1.29 is 34.2 Å². The Balaban J connectivity index is 1.96. The molecule has 132 valence electrons. The number of hydrogen-bond acceptors (Lipinski definition) is 6. The minimum absolute atomic E-state index is 0.0114. The number of amides is 4. The van der Waals surface area contributed by atoms with Crippen molar-refractivity contribution in [1.82, 2.24) is 9.80 Å². The molecule has 0 bridgehead atoms. The number of imide groups is 2. The molecular formula is C17H12N2O7. The number of carboxylic acids is 1. The summed E-state index contributed by atoms with van der Waals surface area (Å²) in [5, 5.41) is 19.4. The summed E-state index contributed by atoms with van der Waals surface area (Å²) in [7, 11) is 0. The lowest BCUT2D eigenvalue weighted by atomic mass is 10.0. The molecule has 9 heteroatoms. The fourth-order valence-electron chi connectivity index (χ4n) is 2.66. The summed E-state index contributed by atoms with van der Waals surface area (Å²) < 4.78 is 0. The normalized spacial score (nSPS) is 16.3. The van der Waals surface area contributed by atoms with E-state index in [0.717, 1.165) is 40.2 Å². The number of carboxylic acid groups (broad SMARTS) is 1. The molecule has 0 saturated heterocycles. The number of phenols is 1. The Morgan fingerprint density at radius 2 is 1.27 bits per heavy atom. The van der Waals surface area contributed by atoms with Gasteiger partial charge in [0.2, 0.25) is 0 Å². The Morgan fingerprint density at radius 3 is 1.73 bits per heavy atom. The van der Waals surface area contributed by atoms with Crippen LogP contribution in [0.1, 0.15) is 21.5 Å². The summed E-state index contributed by atoms with van der Waals surface area (Å²) in [6.07, 6.45) is 4.31. The maximum Gasteiger partial charge on any atom is 0.339 e. The van der Waals surface area contributed by atoms with Crippen LogP contribution in [0.2, 0.25) is 0 Å². The number of nitrogens with zero attached hydrogens (tertiary/aromatic N) is 2. The Kier molecular flexibility index (Phi) is 4.13. The van der Waals surface area contributed by atoms with Crippen LogP contribution in [0.15, 0.2) is 36.4 Å². The van der Waals surface area contributed by atoms with Crippen LogP contribution < -0.4 is 0 Å². The van der Waals surface area contributed by atoms with Gasteiger partial charge in [-0.15, -0.1) is 0 Å². The van der Waals surface area contributed by atoms with Crippen molar-refractivity contribution in [2.75, 3.05) is 0 Å². The molecule has 0 spiro atoms. The highest BCUT2D eigenvalue weighted by Crippen LogP contribution is 2.28. The molecule has 2 aliphatic heterocycles. The van der Waals surface area contributed by atoms with Gasteiger partial charge in [-0.1, -0.05) is 0 Å². The number of hydrogen-bond donors (Lipinski definition) is 2. The van der Waals surface area contributed by atoms with Gasteiger partial charge in [0.05, 0.1) is 13.1 Å². The first-order chi connectivity index (χ1) is 12.3. The summed E-state index contributed by atoms with van der Waals surface area (Å²) in [6, 6.07) is 2.48. The number of carbonyl (C=O) groups excluding carboxylic acids is 4. The third kappa shape index (κ3) is 2.97. The highest BCUT2D eigenvalue weighted by Gasteiger charge is 2.28. The standard InChI is InChI=1S/C17H12N2O7/c20-12-1-2-13(21)18(12)7-9-5-10(16(24)11(6-9)17(25)26)8-19-14(22)3-4-15(19)23/h1-6,24H,7-8H2,(H,25,26). The third-order valence-corrected chi connectivity index (χ3v) is 3.95.